The normalized spacial score (nSPS) is 12.8. The van der Waals surface area contributed by atoms with Gasteiger partial charge in [0.15, 0.2) is 23.1 Å². The topological polar surface area (TPSA) is 51.8 Å². The number of rotatable bonds is 4. The summed E-state index contributed by atoms with van der Waals surface area (Å²) in [4.78, 5) is 15.1. The van der Waals surface area contributed by atoms with Gasteiger partial charge in [-0.05, 0) is 71.1 Å². The zero-order chi connectivity index (χ0) is 32.5. The maximum atomic E-state index is 6.64. The van der Waals surface area contributed by atoms with Gasteiger partial charge in [0.05, 0.1) is 5.02 Å². The largest absolute Gasteiger partial charge is 0.455 e. The fraction of sp³-hybridized carbons (Fsp3) is 0.0465. The van der Waals surface area contributed by atoms with E-state index in [2.05, 4.69) is 97.1 Å². The molecule has 9 aromatic rings. The molecule has 49 heavy (non-hydrogen) atoms. The van der Waals surface area contributed by atoms with Gasteiger partial charge in [-0.1, -0.05) is 109 Å². The van der Waals surface area contributed by atoms with Gasteiger partial charge in [0, 0.05) is 47.8 Å². The minimum atomic E-state index is 0.635. The SMILES string of the molecule is Clc1ccc(-c2ccc3ccc(-c4nc(-c5ccccc5)nc(-c5ccc6c(c5)sc5ccccc56)n4)cc3c2)c2c3c(oc12)C=CCC3. The van der Waals surface area contributed by atoms with Crippen LogP contribution in [0.3, 0.4) is 0 Å². The van der Waals surface area contributed by atoms with E-state index in [9.17, 15) is 0 Å². The average Bonchev–Trinajstić information content (AvgIpc) is 3.74. The fourth-order valence-electron chi connectivity index (χ4n) is 7.06. The highest BCUT2D eigenvalue weighted by Gasteiger charge is 2.21. The molecular formula is C43H26ClN3OS. The van der Waals surface area contributed by atoms with Gasteiger partial charge in [0.1, 0.15) is 5.76 Å². The molecule has 0 spiro atoms. The van der Waals surface area contributed by atoms with Gasteiger partial charge in [-0.2, -0.15) is 0 Å². The summed E-state index contributed by atoms with van der Waals surface area (Å²) in [7, 11) is 0. The molecule has 6 aromatic carbocycles. The van der Waals surface area contributed by atoms with E-state index in [0.717, 1.165) is 68.2 Å². The minimum absolute atomic E-state index is 0.635. The molecule has 0 radical (unpaired) electrons. The van der Waals surface area contributed by atoms with Crippen LogP contribution in [0.15, 0.2) is 132 Å². The number of hydrogen-bond acceptors (Lipinski definition) is 5. The quantitative estimate of drug-likeness (QED) is 0.187. The molecule has 0 unspecified atom stereocenters. The Labute approximate surface area is 291 Å². The number of thiophene rings is 1. The number of allylic oxidation sites excluding steroid dienone is 1. The molecule has 4 nitrogen and oxygen atoms in total. The first-order chi connectivity index (χ1) is 24.2. The Morgan fingerprint density at radius 2 is 1.29 bits per heavy atom. The van der Waals surface area contributed by atoms with Crippen LogP contribution in [0.25, 0.3) is 93.3 Å². The van der Waals surface area contributed by atoms with Crippen molar-refractivity contribution in [1.29, 1.82) is 0 Å². The lowest BCUT2D eigenvalue weighted by Gasteiger charge is -2.11. The summed E-state index contributed by atoms with van der Waals surface area (Å²) in [6.07, 6.45) is 6.16. The zero-order valence-electron chi connectivity index (χ0n) is 26.2. The van der Waals surface area contributed by atoms with E-state index in [0.29, 0.717) is 22.5 Å². The zero-order valence-corrected chi connectivity index (χ0v) is 27.7. The Bertz CT molecular complexity index is 2800. The fourth-order valence-corrected chi connectivity index (χ4v) is 8.40. The second-order valence-electron chi connectivity index (χ2n) is 12.4. The van der Waals surface area contributed by atoms with E-state index < -0.39 is 0 Å². The lowest BCUT2D eigenvalue weighted by molar-refractivity contribution is 0.595. The summed E-state index contributed by atoms with van der Waals surface area (Å²) in [6, 6.07) is 42.3. The lowest BCUT2D eigenvalue weighted by atomic mass is 9.93. The lowest BCUT2D eigenvalue weighted by Crippen LogP contribution is -2.00. The highest BCUT2D eigenvalue weighted by Crippen LogP contribution is 2.42. The maximum absolute atomic E-state index is 6.64. The van der Waals surface area contributed by atoms with Crippen molar-refractivity contribution in [2.45, 2.75) is 12.8 Å². The molecule has 232 valence electrons. The van der Waals surface area contributed by atoms with Gasteiger partial charge >= 0.3 is 0 Å². The van der Waals surface area contributed by atoms with E-state index in [1.165, 1.54) is 25.7 Å². The standard InChI is InChI=1S/C43H26ClN3OS/c44-35-21-20-31(39-34-11-4-6-12-36(34)48-40(35)39)27-16-14-25-15-17-28(23-30(25)22-27)42-45-41(26-8-2-1-3-9-26)46-43(47-42)29-18-19-33-32-10-5-7-13-37(32)49-38(33)24-29/h1-3,5-10,12-24H,4,11H2. The Morgan fingerprint density at radius 1 is 0.592 bits per heavy atom. The van der Waals surface area contributed by atoms with Crippen molar-refractivity contribution in [3.05, 3.63) is 144 Å². The second kappa shape index (κ2) is 11.2. The van der Waals surface area contributed by atoms with Crippen molar-refractivity contribution in [3.63, 3.8) is 0 Å². The Balaban J connectivity index is 1.12. The molecule has 0 amide bonds. The number of aromatic nitrogens is 3. The number of furan rings is 1. The van der Waals surface area contributed by atoms with Crippen LogP contribution in [0.2, 0.25) is 5.02 Å². The van der Waals surface area contributed by atoms with Gasteiger partial charge in [0.2, 0.25) is 0 Å². The summed E-state index contributed by atoms with van der Waals surface area (Å²) in [5.74, 6) is 2.84. The second-order valence-corrected chi connectivity index (χ2v) is 13.9. The van der Waals surface area contributed by atoms with Crippen LogP contribution in [-0.4, -0.2) is 15.0 Å². The van der Waals surface area contributed by atoms with Crippen LogP contribution in [-0.2, 0) is 6.42 Å². The van der Waals surface area contributed by atoms with Gasteiger partial charge in [-0.3, -0.25) is 0 Å². The van der Waals surface area contributed by atoms with Gasteiger partial charge < -0.3 is 4.42 Å². The van der Waals surface area contributed by atoms with Crippen LogP contribution in [0, 0.1) is 0 Å². The van der Waals surface area contributed by atoms with E-state index in [1.54, 1.807) is 11.3 Å². The summed E-state index contributed by atoms with van der Waals surface area (Å²) in [6.45, 7) is 0. The minimum Gasteiger partial charge on any atom is -0.455 e. The summed E-state index contributed by atoms with van der Waals surface area (Å²) < 4.78 is 8.73. The molecule has 10 rings (SSSR count). The molecule has 0 atom stereocenters. The molecule has 0 bridgehead atoms. The van der Waals surface area contributed by atoms with E-state index >= 15 is 0 Å². The molecule has 3 heterocycles. The molecule has 6 heteroatoms. The van der Waals surface area contributed by atoms with E-state index in [-0.39, 0.29) is 0 Å². The number of fused-ring (bicyclic) bond motifs is 7. The van der Waals surface area contributed by atoms with E-state index in [1.807, 2.05) is 36.4 Å². The van der Waals surface area contributed by atoms with Gasteiger partial charge in [-0.15, -0.1) is 11.3 Å². The van der Waals surface area contributed by atoms with Crippen molar-refractivity contribution in [2.75, 3.05) is 0 Å². The summed E-state index contributed by atoms with van der Waals surface area (Å²) in [5.41, 5.74) is 7.06. The summed E-state index contributed by atoms with van der Waals surface area (Å²) >= 11 is 8.44. The first-order valence-electron chi connectivity index (χ1n) is 16.3. The first-order valence-corrected chi connectivity index (χ1v) is 17.5. The Kier molecular flexibility index (Phi) is 6.51. The molecule has 0 fully saturated rings. The Hall–Kier alpha value is -5.62. The van der Waals surface area contributed by atoms with E-state index in [4.69, 9.17) is 31.0 Å². The van der Waals surface area contributed by atoms with Crippen LogP contribution in [0.5, 0.6) is 0 Å². The third-order valence-electron chi connectivity index (χ3n) is 9.46. The third kappa shape index (κ3) is 4.77. The predicted octanol–water partition coefficient (Wildman–Crippen LogP) is 12.4. The summed E-state index contributed by atoms with van der Waals surface area (Å²) in [5, 5.41) is 6.50. The van der Waals surface area contributed by atoms with Crippen molar-refractivity contribution in [3.8, 4) is 45.3 Å². The first kappa shape index (κ1) is 28.4. The predicted molar refractivity (Wildman–Crippen MR) is 204 cm³/mol. The molecule has 0 saturated heterocycles. The number of halogens is 1. The molecule has 0 N–H and O–H groups in total. The monoisotopic (exact) mass is 667 g/mol. The molecule has 3 aromatic heterocycles. The van der Waals surface area contributed by atoms with Gasteiger partial charge in [-0.25, -0.2) is 15.0 Å². The van der Waals surface area contributed by atoms with Crippen molar-refractivity contribution in [1.82, 2.24) is 15.0 Å². The highest BCUT2D eigenvalue weighted by atomic mass is 35.5. The number of hydrogen-bond donors (Lipinski definition) is 0. The number of aryl methyl sites for hydroxylation is 1. The van der Waals surface area contributed by atoms with Crippen molar-refractivity contribution >= 4 is 70.9 Å². The molecular weight excluding hydrogens is 642 g/mol. The maximum Gasteiger partial charge on any atom is 0.164 e. The van der Waals surface area contributed by atoms with Crippen molar-refractivity contribution in [2.24, 2.45) is 0 Å². The third-order valence-corrected chi connectivity index (χ3v) is 10.9. The van der Waals surface area contributed by atoms with Crippen LogP contribution in [0.1, 0.15) is 17.7 Å². The average molecular weight is 668 g/mol. The smallest absolute Gasteiger partial charge is 0.164 e. The van der Waals surface area contributed by atoms with Crippen LogP contribution < -0.4 is 0 Å². The molecule has 1 aliphatic rings. The number of benzene rings is 6. The molecule has 1 aliphatic carbocycles. The van der Waals surface area contributed by atoms with Crippen molar-refractivity contribution < 1.29 is 4.42 Å². The van der Waals surface area contributed by atoms with Gasteiger partial charge in [0.25, 0.3) is 0 Å². The van der Waals surface area contributed by atoms with Crippen LogP contribution >= 0.6 is 22.9 Å². The number of nitrogens with zero attached hydrogens (tertiary/aromatic N) is 3. The Morgan fingerprint density at radius 3 is 2.14 bits per heavy atom. The molecule has 0 aliphatic heterocycles. The molecule has 0 saturated carbocycles. The van der Waals surface area contributed by atoms with Crippen LogP contribution in [0.4, 0.5) is 0 Å². The highest BCUT2D eigenvalue weighted by molar-refractivity contribution is 7.25.